The van der Waals surface area contributed by atoms with E-state index in [0.29, 0.717) is 24.6 Å². The molecule has 4 fully saturated rings. The van der Waals surface area contributed by atoms with Crippen LogP contribution in [0.25, 0.3) is 0 Å². The maximum atomic E-state index is 13.0. The van der Waals surface area contributed by atoms with Gasteiger partial charge in [-0.25, -0.2) is 0 Å². The van der Waals surface area contributed by atoms with Crippen molar-refractivity contribution in [3.05, 3.63) is 29.3 Å². The maximum absolute atomic E-state index is 13.0. The third kappa shape index (κ3) is 4.48. The topological polar surface area (TPSA) is 79.0 Å². The lowest BCUT2D eigenvalue weighted by atomic mass is 9.75. The van der Waals surface area contributed by atoms with Gasteiger partial charge < -0.3 is 9.64 Å². The third-order valence-corrected chi connectivity index (χ3v) is 9.17. The largest absolute Gasteiger partial charge is 0.489 e. The van der Waals surface area contributed by atoms with E-state index in [1.807, 2.05) is 18.2 Å². The number of hydrogen-bond acceptors (Lipinski definition) is 5. The summed E-state index contributed by atoms with van der Waals surface area (Å²) in [6.45, 7) is 2.85. The van der Waals surface area contributed by atoms with Crippen molar-refractivity contribution in [3.8, 4) is 5.75 Å². The number of ether oxygens (including phenoxy) is 1. The Morgan fingerprint density at radius 2 is 1.63 bits per heavy atom. The van der Waals surface area contributed by atoms with Gasteiger partial charge in [0.15, 0.2) is 0 Å². The lowest BCUT2D eigenvalue weighted by Gasteiger charge is -2.51. The molecule has 3 heterocycles. The molecule has 2 saturated carbocycles. The molecule has 6 rings (SSSR count). The first kappa shape index (κ1) is 23.0. The summed E-state index contributed by atoms with van der Waals surface area (Å²) in [5.41, 5.74) is 1.55. The van der Waals surface area contributed by atoms with Crippen molar-refractivity contribution in [2.45, 2.75) is 95.4 Å². The second-order valence-electron chi connectivity index (χ2n) is 11.3. The highest BCUT2D eigenvalue weighted by Gasteiger charge is 2.42. The van der Waals surface area contributed by atoms with Crippen LogP contribution in [-0.4, -0.2) is 58.8 Å². The molecule has 5 aliphatic rings. The number of likely N-dealkylation sites (tertiary alicyclic amines) is 1. The van der Waals surface area contributed by atoms with Gasteiger partial charge >= 0.3 is 0 Å². The molecule has 1 N–H and O–H groups in total. The molecule has 2 saturated heterocycles. The molecule has 0 radical (unpaired) electrons. The van der Waals surface area contributed by atoms with Crippen LogP contribution in [0.5, 0.6) is 5.75 Å². The highest BCUT2D eigenvalue weighted by molar-refractivity contribution is 6.05. The van der Waals surface area contributed by atoms with Gasteiger partial charge in [-0.15, -0.1) is 0 Å². The van der Waals surface area contributed by atoms with Crippen LogP contribution in [0.1, 0.15) is 86.6 Å². The van der Waals surface area contributed by atoms with Crippen LogP contribution in [0, 0.1) is 11.8 Å². The molecule has 1 aromatic rings. The van der Waals surface area contributed by atoms with Crippen molar-refractivity contribution in [1.29, 1.82) is 0 Å². The summed E-state index contributed by atoms with van der Waals surface area (Å²) in [6.07, 6.45) is 12.7. The Labute approximate surface area is 207 Å². The van der Waals surface area contributed by atoms with Crippen LogP contribution in [0.3, 0.4) is 0 Å². The first-order valence-corrected chi connectivity index (χ1v) is 13.7. The van der Waals surface area contributed by atoms with Crippen LogP contribution < -0.4 is 10.1 Å². The molecule has 0 spiro atoms. The predicted octanol–water partition coefficient (Wildman–Crippen LogP) is 3.65. The lowest BCUT2D eigenvalue weighted by Crippen LogP contribution is -2.59. The Kier molecular flexibility index (Phi) is 6.29. The molecule has 7 heteroatoms. The summed E-state index contributed by atoms with van der Waals surface area (Å²) in [4.78, 5) is 41.1. The summed E-state index contributed by atoms with van der Waals surface area (Å²) < 4.78 is 6.59. The molecular weight excluding hydrogens is 442 g/mol. The van der Waals surface area contributed by atoms with Crippen molar-refractivity contribution in [1.82, 2.24) is 15.1 Å². The molecule has 3 atom stereocenters. The molecule has 1 unspecified atom stereocenters. The van der Waals surface area contributed by atoms with Crippen LogP contribution in [0.2, 0.25) is 0 Å². The van der Waals surface area contributed by atoms with Crippen LogP contribution in [0.15, 0.2) is 18.2 Å². The summed E-state index contributed by atoms with van der Waals surface area (Å²) in [5.74, 6) is 1.87. The quantitative estimate of drug-likeness (QED) is 0.653. The van der Waals surface area contributed by atoms with Gasteiger partial charge in [0.05, 0.1) is 0 Å². The number of hydrogen-bond donors (Lipinski definition) is 1. The van der Waals surface area contributed by atoms with Gasteiger partial charge in [0.2, 0.25) is 11.8 Å². The van der Waals surface area contributed by atoms with Gasteiger partial charge in [-0.05, 0) is 61.3 Å². The average molecular weight is 480 g/mol. The normalized spacial score (nSPS) is 30.7. The third-order valence-electron chi connectivity index (χ3n) is 9.17. The molecule has 0 bridgehead atoms. The Balaban J connectivity index is 1.10. The highest BCUT2D eigenvalue weighted by atomic mass is 16.5. The number of carbonyl (C=O) groups is 3. The molecule has 0 aromatic heterocycles. The van der Waals surface area contributed by atoms with Crippen molar-refractivity contribution >= 4 is 17.7 Å². The van der Waals surface area contributed by atoms with E-state index in [0.717, 1.165) is 29.6 Å². The number of nitrogens with one attached hydrogen (secondary N) is 1. The fourth-order valence-corrected chi connectivity index (χ4v) is 7.15. The van der Waals surface area contributed by atoms with Gasteiger partial charge in [-0.2, -0.15) is 0 Å². The Hall–Kier alpha value is -2.41. The number of benzene rings is 1. The Morgan fingerprint density at radius 3 is 2.43 bits per heavy atom. The minimum atomic E-state index is -0.580. The monoisotopic (exact) mass is 479 g/mol. The van der Waals surface area contributed by atoms with Gasteiger partial charge in [-0.1, -0.05) is 38.5 Å². The molecule has 188 valence electrons. The molecule has 3 aliphatic heterocycles. The van der Waals surface area contributed by atoms with Crippen molar-refractivity contribution < 1.29 is 19.1 Å². The summed E-state index contributed by atoms with van der Waals surface area (Å²) in [7, 11) is 0. The van der Waals surface area contributed by atoms with Crippen molar-refractivity contribution in [3.63, 3.8) is 0 Å². The van der Waals surface area contributed by atoms with Crippen molar-refractivity contribution in [2.75, 3.05) is 13.1 Å². The van der Waals surface area contributed by atoms with Gasteiger partial charge in [0.25, 0.3) is 5.91 Å². The van der Waals surface area contributed by atoms with E-state index < -0.39 is 6.04 Å². The number of piperidine rings is 1. The molecule has 7 nitrogen and oxygen atoms in total. The summed E-state index contributed by atoms with van der Waals surface area (Å²) in [6, 6.07) is 5.66. The van der Waals surface area contributed by atoms with E-state index in [2.05, 4.69) is 10.2 Å². The van der Waals surface area contributed by atoms with Crippen LogP contribution in [-0.2, 0) is 16.1 Å². The SMILES string of the molecule is O=C1CCC(N2Cc3cc(O[C@@H]4CCCC[C@H]4N4CC(C5CCCCC5)C4)ccc3C2=O)C(=O)N1. The van der Waals surface area contributed by atoms with Crippen LogP contribution >= 0.6 is 0 Å². The van der Waals surface area contributed by atoms with E-state index in [-0.39, 0.29) is 30.2 Å². The van der Waals surface area contributed by atoms with E-state index in [1.165, 1.54) is 64.5 Å². The summed E-state index contributed by atoms with van der Waals surface area (Å²) in [5, 5.41) is 2.37. The molecule has 2 aliphatic carbocycles. The molecule has 3 amide bonds. The standard InChI is InChI=1S/C28H37N3O4/c32-26-13-12-24(27(33)29-26)31-17-19-14-21(10-11-22(19)28(31)34)35-25-9-5-4-8-23(25)30-15-20(16-30)18-6-2-1-3-7-18/h10-11,14,18,20,23-25H,1-9,12-13,15-17H2,(H,29,32,33)/t23-,24?,25-/m1/s1. The minimum absolute atomic E-state index is 0.133. The zero-order valence-electron chi connectivity index (χ0n) is 20.5. The minimum Gasteiger partial charge on any atom is -0.489 e. The number of carbonyl (C=O) groups excluding carboxylic acids is 3. The van der Waals surface area contributed by atoms with Gasteiger partial charge in [-0.3, -0.25) is 24.6 Å². The first-order chi connectivity index (χ1) is 17.1. The molecule has 1 aromatic carbocycles. The number of nitrogens with zero attached hydrogens (tertiary/aromatic N) is 2. The van der Waals surface area contributed by atoms with E-state index in [4.69, 9.17) is 4.74 Å². The Bertz CT molecular complexity index is 998. The first-order valence-electron chi connectivity index (χ1n) is 13.7. The second kappa shape index (κ2) is 9.57. The fourth-order valence-electron chi connectivity index (χ4n) is 7.15. The maximum Gasteiger partial charge on any atom is 0.255 e. The molecular formula is C28H37N3O4. The van der Waals surface area contributed by atoms with E-state index >= 15 is 0 Å². The zero-order valence-corrected chi connectivity index (χ0v) is 20.5. The van der Waals surface area contributed by atoms with E-state index in [9.17, 15) is 14.4 Å². The number of amides is 3. The van der Waals surface area contributed by atoms with Crippen molar-refractivity contribution in [2.24, 2.45) is 11.8 Å². The number of rotatable bonds is 5. The van der Waals surface area contributed by atoms with Gasteiger partial charge in [0.1, 0.15) is 17.9 Å². The molecule has 35 heavy (non-hydrogen) atoms. The van der Waals surface area contributed by atoms with E-state index in [1.54, 1.807) is 4.90 Å². The highest BCUT2D eigenvalue weighted by Crippen LogP contribution is 2.39. The van der Waals surface area contributed by atoms with Crippen LogP contribution in [0.4, 0.5) is 0 Å². The Morgan fingerprint density at radius 1 is 0.857 bits per heavy atom. The lowest BCUT2D eigenvalue weighted by molar-refractivity contribution is -0.136. The van der Waals surface area contributed by atoms with Gasteiger partial charge in [0, 0.05) is 37.7 Å². The fraction of sp³-hybridized carbons (Fsp3) is 0.679. The summed E-state index contributed by atoms with van der Waals surface area (Å²) >= 11 is 0. The average Bonchev–Trinajstić information content (AvgIpc) is 3.15. The number of imide groups is 1. The smallest absolute Gasteiger partial charge is 0.255 e. The zero-order chi connectivity index (χ0) is 23.9. The number of fused-ring (bicyclic) bond motifs is 1. The second-order valence-corrected chi connectivity index (χ2v) is 11.3. The predicted molar refractivity (Wildman–Crippen MR) is 131 cm³/mol.